The maximum Gasteiger partial charge on any atom is 0.239 e. The fourth-order valence-electron chi connectivity index (χ4n) is 3.25. The Kier molecular flexibility index (Phi) is 6.33. The monoisotopic (exact) mass is 334 g/mol. The lowest BCUT2D eigenvalue weighted by molar-refractivity contribution is -0.119. The number of nitrogens with two attached hydrogens (primary N) is 1. The van der Waals surface area contributed by atoms with E-state index >= 15 is 0 Å². The van der Waals surface area contributed by atoms with Crippen LogP contribution in [0.25, 0.3) is 0 Å². The van der Waals surface area contributed by atoms with Crippen LogP contribution in [0, 0.1) is 6.92 Å². The van der Waals surface area contributed by atoms with Crippen molar-refractivity contribution >= 4 is 24.0 Å². The molecule has 1 heterocycles. The van der Waals surface area contributed by atoms with Gasteiger partial charge in [0, 0.05) is 5.69 Å². The van der Waals surface area contributed by atoms with Crippen LogP contribution < -0.4 is 11.1 Å². The van der Waals surface area contributed by atoms with Crippen molar-refractivity contribution in [2.45, 2.75) is 25.2 Å². The molecule has 5 N–H and O–H groups in total. The smallest absolute Gasteiger partial charge is 0.239 e. The number of carbonyl (C=O) groups is 1. The van der Waals surface area contributed by atoms with Crippen molar-refractivity contribution < 1.29 is 10.3 Å². The second-order valence-corrected chi connectivity index (χ2v) is 5.67. The van der Waals surface area contributed by atoms with Gasteiger partial charge in [0.1, 0.15) is 5.41 Å². The Balaban J connectivity index is 0.00000132. The van der Waals surface area contributed by atoms with Gasteiger partial charge in [0.05, 0.1) is 0 Å². The molecule has 0 bridgehead atoms. The summed E-state index contributed by atoms with van der Waals surface area (Å²) in [6.45, 7) is 2.62. The molecule has 0 fully saturated rings. The third-order valence-electron chi connectivity index (χ3n) is 4.29. The fraction of sp³-hybridized carbons (Fsp3) is 0.278. The van der Waals surface area contributed by atoms with Gasteiger partial charge in [0.2, 0.25) is 5.91 Å². The standard InChI is InChI=1S/C18H20N2O.ClH.H2O/c1-13-8-9-15-16(12-13)20-17(21)18(15,10-5-11-19)14-6-3-2-4-7-14;;/h2-4,6-9,12H,5,10-11,19H2,1H3,(H,20,21);1H;1H2. The van der Waals surface area contributed by atoms with Crippen molar-refractivity contribution in [2.75, 3.05) is 11.9 Å². The first-order chi connectivity index (χ1) is 10.2. The molecule has 3 rings (SSSR count). The van der Waals surface area contributed by atoms with Crippen molar-refractivity contribution in [2.24, 2.45) is 5.73 Å². The maximum atomic E-state index is 12.8. The van der Waals surface area contributed by atoms with E-state index < -0.39 is 5.41 Å². The summed E-state index contributed by atoms with van der Waals surface area (Å²) in [5, 5.41) is 3.06. The van der Waals surface area contributed by atoms with Crippen molar-refractivity contribution in [3.63, 3.8) is 0 Å². The highest BCUT2D eigenvalue weighted by atomic mass is 35.5. The summed E-state index contributed by atoms with van der Waals surface area (Å²) in [6.07, 6.45) is 1.55. The van der Waals surface area contributed by atoms with Gasteiger partial charge in [-0.3, -0.25) is 4.79 Å². The molecule has 5 heteroatoms. The Hall–Kier alpha value is -1.88. The summed E-state index contributed by atoms with van der Waals surface area (Å²) in [5.74, 6) is 0.0581. The minimum absolute atomic E-state index is 0. The van der Waals surface area contributed by atoms with Gasteiger partial charge in [0.25, 0.3) is 0 Å². The molecule has 1 aliphatic heterocycles. The van der Waals surface area contributed by atoms with Gasteiger partial charge in [-0.1, -0.05) is 42.5 Å². The Morgan fingerprint density at radius 2 is 1.83 bits per heavy atom. The molecule has 1 atom stereocenters. The van der Waals surface area contributed by atoms with E-state index in [-0.39, 0.29) is 23.8 Å². The number of aryl methyl sites for hydroxylation is 1. The van der Waals surface area contributed by atoms with E-state index in [1.165, 1.54) is 0 Å². The quantitative estimate of drug-likeness (QED) is 0.900. The van der Waals surface area contributed by atoms with Crippen LogP contribution in [0.1, 0.15) is 29.5 Å². The van der Waals surface area contributed by atoms with Gasteiger partial charge in [-0.05, 0) is 49.1 Å². The highest BCUT2D eigenvalue weighted by molar-refractivity contribution is 6.08. The molecule has 1 unspecified atom stereocenters. The van der Waals surface area contributed by atoms with Gasteiger partial charge in [0.15, 0.2) is 0 Å². The molecule has 1 aliphatic rings. The lowest BCUT2D eigenvalue weighted by atomic mass is 9.72. The van der Waals surface area contributed by atoms with Crippen LogP contribution in [0.3, 0.4) is 0 Å². The lowest BCUT2D eigenvalue weighted by Gasteiger charge is -2.28. The predicted molar refractivity (Wildman–Crippen MR) is 96.2 cm³/mol. The second-order valence-electron chi connectivity index (χ2n) is 5.67. The largest absolute Gasteiger partial charge is 0.412 e. The number of fused-ring (bicyclic) bond motifs is 1. The number of hydrogen-bond donors (Lipinski definition) is 2. The molecule has 2 aromatic rings. The number of anilines is 1. The number of rotatable bonds is 4. The first-order valence-electron chi connectivity index (χ1n) is 7.36. The van der Waals surface area contributed by atoms with Crippen LogP contribution in [0.4, 0.5) is 5.69 Å². The maximum absolute atomic E-state index is 12.8. The molecular formula is C18H23ClN2O2. The molecule has 0 saturated carbocycles. The fourth-order valence-corrected chi connectivity index (χ4v) is 3.25. The molecule has 0 saturated heterocycles. The summed E-state index contributed by atoms with van der Waals surface area (Å²) >= 11 is 0. The Morgan fingerprint density at radius 1 is 1.13 bits per heavy atom. The molecule has 0 aliphatic carbocycles. The Labute approximate surface area is 142 Å². The number of nitrogens with one attached hydrogen (secondary N) is 1. The number of halogens is 1. The molecule has 4 nitrogen and oxygen atoms in total. The zero-order valence-corrected chi connectivity index (χ0v) is 14.0. The van der Waals surface area contributed by atoms with E-state index in [4.69, 9.17) is 5.73 Å². The SMILES string of the molecule is Cc1ccc2c(c1)NC(=O)C2(CCCN)c1ccccc1.Cl.O. The van der Waals surface area contributed by atoms with Crippen LogP contribution in [0.15, 0.2) is 48.5 Å². The third kappa shape index (κ3) is 3.11. The summed E-state index contributed by atoms with van der Waals surface area (Å²) in [5.41, 5.74) is 9.28. The van der Waals surface area contributed by atoms with Gasteiger partial charge in [-0.2, -0.15) is 0 Å². The summed E-state index contributed by atoms with van der Waals surface area (Å²) < 4.78 is 0. The molecule has 0 aromatic heterocycles. The van der Waals surface area contributed by atoms with Crippen molar-refractivity contribution in [1.29, 1.82) is 0 Å². The number of hydrogen-bond acceptors (Lipinski definition) is 2. The Morgan fingerprint density at radius 3 is 2.48 bits per heavy atom. The number of carbonyl (C=O) groups excluding carboxylic acids is 1. The molecular weight excluding hydrogens is 312 g/mol. The van der Waals surface area contributed by atoms with Crippen LogP contribution in [0.2, 0.25) is 0 Å². The van der Waals surface area contributed by atoms with Gasteiger partial charge >= 0.3 is 0 Å². The molecule has 1 amide bonds. The molecule has 23 heavy (non-hydrogen) atoms. The highest BCUT2D eigenvalue weighted by Gasteiger charge is 2.47. The summed E-state index contributed by atoms with van der Waals surface area (Å²) in [6, 6.07) is 16.2. The predicted octanol–water partition coefficient (Wildman–Crippen LogP) is 2.57. The number of benzene rings is 2. The van der Waals surface area contributed by atoms with Crippen LogP contribution in [0.5, 0.6) is 0 Å². The average Bonchev–Trinajstić information content (AvgIpc) is 2.78. The van der Waals surface area contributed by atoms with Gasteiger partial charge in [-0.15, -0.1) is 12.4 Å². The first-order valence-corrected chi connectivity index (χ1v) is 7.36. The van der Waals surface area contributed by atoms with E-state index in [0.717, 1.165) is 35.2 Å². The Bertz CT molecular complexity index is 676. The lowest BCUT2D eigenvalue weighted by Crippen LogP contribution is -2.36. The van der Waals surface area contributed by atoms with E-state index in [1.807, 2.05) is 43.3 Å². The second kappa shape index (κ2) is 7.59. The average molecular weight is 335 g/mol. The van der Waals surface area contributed by atoms with Gasteiger partial charge in [-0.25, -0.2) is 0 Å². The molecule has 124 valence electrons. The molecule has 0 radical (unpaired) electrons. The van der Waals surface area contributed by atoms with Gasteiger partial charge < -0.3 is 16.5 Å². The van der Waals surface area contributed by atoms with E-state index in [0.29, 0.717) is 6.54 Å². The highest BCUT2D eigenvalue weighted by Crippen LogP contribution is 2.46. The zero-order valence-electron chi connectivity index (χ0n) is 13.1. The van der Waals surface area contributed by atoms with E-state index in [2.05, 4.69) is 17.4 Å². The minimum atomic E-state index is -0.607. The first kappa shape index (κ1) is 19.2. The van der Waals surface area contributed by atoms with Crippen molar-refractivity contribution in [1.82, 2.24) is 0 Å². The summed E-state index contributed by atoms with van der Waals surface area (Å²) in [4.78, 5) is 12.8. The normalized spacial score (nSPS) is 18.4. The van der Waals surface area contributed by atoms with Crippen LogP contribution in [-0.2, 0) is 10.2 Å². The summed E-state index contributed by atoms with van der Waals surface area (Å²) in [7, 11) is 0. The zero-order chi connectivity index (χ0) is 14.9. The van der Waals surface area contributed by atoms with Crippen molar-refractivity contribution in [3.05, 3.63) is 65.2 Å². The van der Waals surface area contributed by atoms with Crippen LogP contribution in [-0.4, -0.2) is 17.9 Å². The minimum Gasteiger partial charge on any atom is -0.412 e. The van der Waals surface area contributed by atoms with Crippen LogP contribution >= 0.6 is 12.4 Å². The third-order valence-corrected chi connectivity index (χ3v) is 4.29. The molecule has 2 aromatic carbocycles. The number of amides is 1. The van der Waals surface area contributed by atoms with E-state index in [9.17, 15) is 4.79 Å². The topological polar surface area (TPSA) is 86.6 Å². The molecule has 0 spiro atoms. The van der Waals surface area contributed by atoms with E-state index in [1.54, 1.807) is 0 Å². The van der Waals surface area contributed by atoms with Crippen molar-refractivity contribution in [3.8, 4) is 0 Å².